The SMILES string of the molecule is CC(C)CN(CC(N)=O)c1cc(C#N)ccc1C(C)O. The lowest BCUT2D eigenvalue weighted by Gasteiger charge is -2.28. The van der Waals surface area contributed by atoms with Crippen molar-refractivity contribution in [3.8, 4) is 6.07 Å². The number of nitriles is 1. The molecular formula is C15H21N3O2. The summed E-state index contributed by atoms with van der Waals surface area (Å²) in [7, 11) is 0. The van der Waals surface area contributed by atoms with Gasteiger partial charge >= 0.3 is 0 Å². The molecule has 0 aliphatic carbocycles. The van der Waals surface area contributed by atoms with Gasteiger partial charge in [0.1, 0.15) is 0 Å². The predicted octanol–water partition coefficient (Wildman–Crippen LogP) is 1.56. The minimum atomic E-state index is -0.680. The van der Waals surface area contributed by atoms with Gasteiger partial charge in [-0.1, -0.05) is 19.9 Å². The van der Waals surface area contributed by atoms with Crippen molar-refractivity contribution in [2.24, 2.45) is 11.7 Å². The molecule has 0 aliphatic rings. The summed E-state index contributed by atoms with van der Waals surface area (Å²) in [5, 5.41) is 18.9. The lowest BCUT2D eigenvalue weighted by molar-refractivity contribution is -0.116. The fourth-order valence-corrected chi connectivity index (χ4v) is 2.12. The second-order valence-electron chi connectivity index (χ2n) is 5.30. The molecule has 0 spiro atoms. The molecule has 0 radical (unpaired) electrons. The molecule has 0 saturated heterocycles. The molecule has 0 bridgehead atoms. The zero-order valence-electron chi connectivity index (χ0n) is 12.1. The van der Waals surface area contributed by atoms with E-state index in [2.05, 4.69) is 6.07 Å². The first kappa shape index (κ1) is 16.0. The number of primary amides is 1. The van der Waals surface area contributed by atoms with Gasteiger partial charge in [0.05, 0.1) is 24.3 Å². The summed E-state index contributed by atoms with van der Waals surface area (Å²) in [6.07, 6.45) is -0.680. The third-order valence-electron chi connectivity index (χ3n) is 2.88. The molecule has 1 aromatic carbocycles. The smallest absolute Gasteiger partial charge is 0.236 e. The number of nitrogens with two attached hydrogens (primary N) is 1. The molecule has 1 unspecified atom stereocenters. The fraction of sp³-hybridized carbons (Fsp3) is 0.467. The average Bonchev–Trinajstić information content (AvgIpc) is 2.36. The topological polar surface area (TPSA) is 90.4 Å². The monoisotopic (exact) mass is 275 g/mol. The van der Waals surface area contributed by atoms with Crippen LogP contribution in [-0.4, -0.2) is 24.1 Å². The molecular weight excluding hydrogens is 254 g/mol. The predicted molar refractivity (Wildman–Crippen MR) is 78.0 cm³/mol. The van der Waals surface area contributed by atoms with Crippen molar-refractivity contribution in [1.29, 1.82) is 5.26 Å². The largest absolute Gasteiger partial charge is 0.389 e. The van der Waals surface area contributed by atoms with Crippen molar-refractivity contribution < 1.29 is 9.90 Å². The Morgan fingerprint density at radius 1 is 1.45 bits per heavy atom. The standard InChI is InChI=1S/C15H21N3O2/c1-10(2)8-18(9-15(17)20)14-6-12(7-16)4-5-13(14)11(3)19/h4-6,10-11,19H,8-9H2,1-3H3,(H2,17,20). The van der Waals surface area contributed by atoms with E-state index in [1.807, 2.05) is 18.7 Å². The van der Waals surface area contributed by atoms with E-state index in [1.54, 1.807) is 25.1 Å². The Hall–Kier alpha value is -2.06. The van der Waals surface area contributed by atoms with E-state index in [-0.39, 0.29) is 6.54 Å². The van der Waals surface area contributed by atoms with Gasteiger partial charge in [-0.15, -0.1) is 0 Å². The molecule has 0 heterocycles. The minimum Gasteiger partial charge on any atom is -0.389 e. The molecule has 0 fully saturated rings. The lowest BCUT2D eigenvalue weighted by Crippen LogP contribution is -2.37. The first-order valence-corrected chi connectivity index (χ1v) is 6.60. The highest BCUT2D eigenvalue weighted by molar-refractivity contribution is 5.80. The van der Waals surface area contributed by atoms with Crippen LogP contribution < -0.4 is 10.6 Å². The number of amides is 1. The summed E-state index contributed by atoms with van der Waals surface area (Å²) in [4.78, 5) is 13.1. The summed E-state index contributed by atoms with van der Waals surface area (Å²) in [6.45, 7) is 6.40. The number of carbonyl (C=O) groups is 1. The van der Waals surface area contributed by atoms with Gasteiger partial charge < -0.3 is 15.7 Å². The first-order valence-electron chi connectivity index (χ1n) is 6.60. The molecule has 5 nitrogen and oxygen atoms in total. The summed E-state index contributed by atoms with van der Waals surface area (Å²) in [6, 6.07) is 7.13. The third kappa shape index (κ3) is 4.25. The highest BCUT2D eigenvalue weighted by Gasteiger charge is 2.18. The van der Waals surface area contributed by atoms with Gasteiger partial charge in [-0.3, -0.25) is 4.79 Å². The molecule has 1 atom stereocenters. The molecule has 0 aliphatic heterocycles. The summed E-state index contributed by atoms with van der Waals surface area (Å²) in [5.41, 5.74) is 7.16. The molecule has 0 saturated carbocycles. The molecule has 1 amide bonds. The zero-order valence-corrected chi connectivity index (χ0v) is 12.1. The van der Waals surface area contributed by atoms with E-state index >= 15 is 0 Å². The number of rotatable bonds is 6. The molecule has 108 valence electrons. The Kier molecular flexibility index (Phi) is 5.53. The maximum Gasteiger partial charge on any atom is 0.236 e. The Labute approximate surface area is 119 Å². The summed E-state index contributed by atoms with van der Waals surface area (Å²) in [5.74, 6) is -0.119. The fourth-order valence-electron chi connectivity index (χ4n) is 2.12. The number of hydrogen-bond donors (Lipinski definition) is 2. The summed E-state index contributed by atoms with van der Waals surface area (Å²) < 4.78 is 0. The van der Waals surface area contributed by atoms with Crippen LogP contribution in [0.15, 0.2) is 18.2 Å². The summed E-state index contributed by atoms with van der Waals surface area (Å²) >= 11 is 0. The Bertz CT molecular complexity index is 518. The van der Waals surface area contributed by atoms with E-state index in [0.717, 1.165) is 0 Å². The van der Waals surface area contributed by atoms with Gasteiger partial charge in [0.2, 0.25) is 5.91 Å². The van der Waals surface area contributed by atoms with Crippen molar-refractivity contribution in [3.05, 3.63) is 29.3 Å². The first-order chi connectivity index (χ1) is 9.35. The molecule has 5 heteroatoms. The maximum absolute atomic E-state index is 11.3. The van der Waals surface area contributed by atoms with Gasteiger partial charge in [0.25, 0.3) is 0 Å². The van der Waals surface area contributed by atoms with E-state index in [0.29, 0.717) is 29.3 Å². The maximum atomic E-state index is 11.3. The van der Waals surface area contributed by atoms with Gasteiger partial charge in [0.15, 0.2) is 0 Å². The quantitative estimate of drug-likeness (QED) is 0.824. The molecule has 1 rings (SSSR count). The number of aliphatic hydroxyl groups is 1. The lowest BCUT2D eigenvalue weighted by atomic mass is 10.0. The van der Waals surface area contributed by atoms with Crippen LogP contribution in [0, 0.1) is 17.2 Å². The zero-order chi connectivity index (χ0) is 15.3. The highest BCUT2D eigenvalue weighted by Crippen LogP contribution is 2.28. The molecule has 0 aromatic heterocycles. The highest BCUT2D eigenvalue weighted by atomic mass is 16.3. The normalized spacial score (nSPS) is 12.0. The van der Waals surface area contributed by atoms with E-state index in [9.17, 15) is 9.90 Å². The van der Waals surface area contributed by atoms with Crippen LogP contribution in [0.2, 0.25) is 0 Å². The van der Waals surface area contributed by atoms with Gasteiger partial charge in [0, 0.05) is 17.8 Å². The second kappa shape index (κ2) is 6.92. The van der Waals surface area contributed by atoms with Crippen molar-refractivity contribution >= 4 is 11.6 Å². The Morgan fingerprint density at radius 2 is 2.10 bits per heavy atom. The van der Waals surface area contributed by atoms with Crippen LogP contribution in [-0.2, 0) is 4.79 Å². The Balaban J connectivity index is 3.28. The van der Waals surface area contributed by atoms with Crippen LogP contribution in [0.1, 0.15) is 38.0 Å². The van der Waals surface area contributed by atoms with Crippen LogP contribution in [0.25, 0.3) is 0 Å². The number of benzene rings is 1. The minimum absolute atomic E-state index is 0.0623. The number of carbonyl (C=O) groups excluding carboxylic acids is 1. The van der Waals surface area contributed by atoms with Gasteiger partial charge in [-0.2, -0.15) is 5.26 Å². The van der Waals surface area contributed by atoms with Crippen LogP contribution in [0.4, 0.5) is 5.69 Å². The van der Waals surface area contributed by atoms with E-state index < -0.39 is 12.0 Å². The van der Waals surface area contributed by atoms with Crippen molar-refractivity contribution in [3.63, 3.8) is 0 Å². The van der Waals surface area contributed by atoms with Crippen LogP contribution in [0.3, 0.4) is 0 Å². The van der Waals surface area contributed by atoms with Crippen LogP contribution in [0.5, 0.6) is 0 Å². The van der Waals surface area contributed by atoms with Crippen molar-refractivity contribution in [2.75, 3.05) is 18.0 Å². The third-order valence-corrected chi connectivity index (χ3v) is 2.88. The van der Waals surface area contributed by atoms with Crippen molar-refractivity contribution in [2.45, 2.75) is 26.9 Å². The number of anilines is 1. The number of nitrogens with zero attached hydrogens (tertiary/aromatic N) is 2. The average molecular weight is 275 g/mol. The van der Waals surface area contributed by atoms with Gasteiger partial charge in [-0.25, -0.2) is 0 Å². The number of hydrogen-bond acceptors (Lipinski definition) is 4. The van der Waals surface area contributed by atoms with Gasteiger partial charge in [-0.05, 0) is 25.0 Å². The molecule has 20 heavy (non-hydrogen) atoms. The Morgan fingerprint density at radius 3 is 2.55 bits per heavy atom. The number of aliphatic hydroxyl groups excluding tert-OH is 1. The van der Waals surface area contributed by atoms with Crippen LogP contribution >= 0.6 is 0 Å². The van der Waals surface area contributed by atoms with Crippen molar-refractivity contribution in [1.82, 2.24) is 0 Å². The van der Waals surface area contributed by atoms with E-state index in [1.165, 1.54) is 0 Å². The molecule has 3 N–H and O–H groups in total. The second-order valence-corrected chi connectivity index (χ2v) is 5.30. The van der Waals surface area contributed by atoms with E-state index in [4.69, 9.17) is 11.0 Å². The molecule has 1 aromatic rings.